The lowest BCUT2D eigenvalue weighted by Gasteiger charge is -2.32. The molecular formula is C54H53N. The Balaban J connectivity index is 0.959. The van der Waals surface area contributed by atoms with Crippen LogP contribution in [-0.2, 0) is 18.3 Å². The zero-order valence-corrected chi connectivity index (χ0v) is 32.6. The maximum atomic E-state index is 5.05. The molecule has 7 aromatic rings. The van der Waals surface area contributed by atoms with Crippen molar-refractivity contribution >= 4 is 0 Å². The molecule has 0 bridgehead atoms. The first-order valence-electron chi connectivity index (χ1n) is 20.7. The summed E-state index contributed by atoms with van der Waals surface area (Å²) in [5.74, 6) is 0. The summed E-state index contributed by atoms with van der Waals surface area (Å²) in [6.07, 6.45) is 14.1. The molecule has 0 saturated heterocycles. The lowest BCUT2D eigenvalue weighted by molar-refractivity contribution is 0.436. The molecule has 0 atom stereocenters. The van der Waals surface area contributed by atoms with Crippen molar-refractivity contribution in [3.63, 3.8) is 0 Å². The van der Waals surface area contributed by atoms with Crippen LogP contribution in [0.3, 0.4) is 0 Å². The van der Waals surface area contributed by atoms with Crippen molar-refractivity contribution in [1.82, 2.24) is 4.98 Å². The van der Waals surface area contributed by atoms with E-state index in [0.717, 1.165) is 30.5 Å². The second-order valence-electron chi connectivity index (χ2n) is 15.6. The van der Waals surface area contributed by atoms with Crippen LogP contribution in [0.15, 0.2) is 164 Å². The fourth-order valence-electron chi connectivity index (χ4n) is 9.19. The number of fused-ring (bicyclic) bond motifs is 3. The zero-order valence-electron chi connectivity index (χ0n) is 32.6. The molecule has 55 heavy (non-hydrogen) atoms. The minimum Gasteiger partial charge on any atom is -0.256 e. The van der Waals surface area contributed by atoms with E-state index in [1.165, 1.54) is 112 Å². The summed E-state index contributed by atoms with van der Waals surface area (Å²) < 4.78 is 0. The fraction of sp³-hybridized carbons (Fsp3) is 0.241. The molecule has 1 heterocycles. The van der Waals surface area contributed by atoms with Gasteiger partial charge in [0.05, 0.1) is 5.69 Å². The van der Waals surface area contributed by atoms with Crippen LogP contribution >= 0.6 is 0 Å². The van der Waals surface area contributed by atoms with E-state index in [-0.39, 0.29) is 5.41 Å². The van der Waals surface area contributed by atoms with E-state index < -0.39 is 0 Å². The Labute approximate surface area is 329 Å². The van der Waals surface area contributed by atoms with Gasteiger partial charge in [-0.25, -0.2) is 0 Å². The third-order valence-electron chi connectivity index (χ3n) is 11.9. The third kappa shape index (κ3) is 7.85. The molecule has 0 N–H and O–H groups in total. The number of pyridine rings is 1. The van der Waals surface area contributed by atoms with E-state index >= 15 is 0 Å². The van der Waals surface area contributed by atoms with Crippen molar-refractivity contribution < 1.29 is 0 Å². The van der Waals surface area contributed by atoms with Crippen molar-refractivity contribution in [2.45, 2.75) is 83.5 Å². The average molecular weight is 716 g/mol. The van der Waals surface area contributed by atoms with E-state index in [2.05, 4.69) is 172 Å². The molecule has 6 aromatic carbocycles. The summed E-state index contributed by atoms with van der Waals surface area (Å²) >= 11 is 0. The molecule has 8 rings (SSSR count). The summed E-state index contributed by atoms with van der Waals surface area (Å²) in [4.78, 5) is 5.05. The van der Waals surface area contributed by atoms with Gasteiger partial charge in [-0.2, -0.15) is 0 Å². The highest BCUT2D eigenvalue weighted by molar-refractivity contribution is 5.84. The van der Waals surface area contributed by atoms with Gasteiger partial charge in [0.1, 0.15) is 0 Å². The SMILES string of the molecule is CCCC1(CCC)c2ccccc2-c2ccc(-c3ccc(-c4cccc(-c5cccc(-c6cccc(CCCCCCc7ccccc7)c6)c5)c4)cn3)cc21. The number of aryl methyl sites for hydroxylation is 2. The monoisotopic (exact) mass is 715 g/mol. The molecule has 274 valence electrons. The first kappa shape index (κ1) is 36.4. The fourth-order valence-corrected chi connectivity index (χ4v) is 9.19. The number of hydrogen-bond acceptors (Lipinski definition) is 1. The van der Waals surface area contributed by atoms with Gasteiger partial charge in [-0.1, -0.05) is 173 Å². The van der Waals surface area contributed by atoms with Crippen LogP contribution < -0.4 is 0 Å². The molecule has 0 saturated carbocycles. The Morgan fingerprint density at radius 2 is 0.945 bits per heavy atom. The van der Waals surface area contributed by atoms with Crippen LogP contribution in [0.2, 0.25) is 0 Å². The molecule has 0 aliphatic heterocycles. The number of benzene rings is 6. The van der Waals surface area contributed by atoms with Gasteiger partial charge in [0.2, 0.25) is 0 Å². The van der Waals surface area contributed by atoms with E-state index in [1.807, 2.05) is 6.20 Å². The van der Waals surface area contributed by atoms with Gasteiger partial charge < -0.3 is 0 Å². The van der Waals surface area contributed by atoms with Gasteiger partial charge >= 0.3 is 0 Å². The lowest BCUT2D eigenvalue weighted by Crippen LogP contribution is -2.25. The summed E-state index contributed by atoms with van der Waals surface area (Å²) in [7, 11) is 0. The van der Waals surface area contributed by atoms with E-state index in [1.54, 1.807) is 0 Å². The standard InChI is InChI=1S/C54H53N/c1-3-33-54(34-4-2)51-28-13-12-27-49(51)50-31-29-47(38-52(50)54)53-32-30-48(39-55-53)46-26-16-25-45(37-46)44-24-15-23-43(36-44)42-22-14-21-41(35-42)20-9-6-5-8-17-40-18-10-7-11-19-40/h7,10-16,18-19,21-32,35-39H,3-6,8-9,17,20,33-34H2,1-2H3. The topological polar surface area (TPSA) is 12.9 Å². The van der Waals surface area contributed by atoms with Crippen LogP contribution in [0.5, 0.6) is 0 Å². The second-order valence-corrected chi connectivity index (χ2v) is 15.6. The smallest absolute Gasteiger partial charge is 0.0702 e. The predicted octanol–water partition coefficient (Wildman–Crippen LogP) is 15.0. The van der Waals surface area contributed by atoms with Gasteiger partial charge in [0.25, 0.3) is 0 Å². The van der Waals surface area contributed by atoms with Crippen LogP contribution in [0.25, 0.3) is 55.8 Å². The normalized spacial score (nSPS) is 12.7. The van der Waals surface area contributed by atoms with Crippen molar-refractivity contribution in [2.24, 2.45) is 0 Å². The van der Waals surface area contributed by atoms with Crippen LogP contribution in [-0.4, -0.2) is 4.98 Å². The minimum absolute atomic E-state index is 0.0781. The molecule has 0 fully saturated rings. The van der Waals surface area contributed by atoms with Gasteiger partial charge in [-0.15, -0.1) is 0 Å². The van der Waals surface area contributed by atoms with Crippen LogP contribution in [0.4, 0.5) is 0 Å². The first-order chi connectivity index (χ1) is 27.1. The number of nitrogens with zero attached hydrogens (tertiary/aromatic N) is 1. The second kappa shape index (κ2) is 16.9. The van der Waals surface area contributed by atoms with Crippen molar-refractivity contribution in [2.75, 3.05) is 0 Å². The van der Waals surface area contributed by atoms with Gasteiger partial charge in [0.15, 0.2) is 0 Å². The molecular weight excluding hydrogens is 663 g/mol. The number of hydrogen-bond donors (Lipinski definition) is 0. The highest BCUT2D eigenvalue weighted by Gasteiger charge is 2.41. The Kier molecular flexibility index (Phi) is 11.2. The molecule has 0 unspecified atom stereocenters. The van der Waals surface area contributed by atoms with E-state index in [0.29, 0.717) is 0 Å². The molecule has 1 aliphatic rings. The maximum absolute atomic E-state index is 5.05. The molecule has 1 aliphatic carbocycles. The first-order valence-corrected chi connectivity index (χ1v) is 20.7. The number of aromatic nitrogens is 1. The molecule has 1 aromatic heterocycles. The Morgan fingerprint density at radius 3 is 1.60 bits per heavy atom. The minimum atomic E-state index is 0.0781. The summed E-state index contributed by atoms with van der Waals surface area (Å²) in [5.41, 5.74) is 18.3. The van der Waals surface area contributed by atoms with Gasteiger partial charge in [-0.05, 0) is 124 Å². The Bertz CT molecular complexity index is 2340. The quantitative estimate of drug-likeness (QED) is 0.0963. The maximum Gasteiger partial charge on any atom is 0.0702 e. The summed E-state index contributed by atoms with van der Waals surface area (Å²) in [6.45, 7) is 4.65. The van der Waals surface area contributed by atoms with Crippen molar-refractivity contribution in [1.29, 1.82) is 0 Å². The summed E-state index contributed by atoms with van der Waals surface area (Å²) in [5, 5.41) is 0. The van der Waals surface area contributed by atoms with Gasteiger partial charge in [0, 0.05) is 22.7 Å². The van der Waals surface area contributed by atoms with Gasteiger partial charge in [-0.3, -0.25) is 4.98 Å². The molecule has 0 amide bonds. The van der Waals surface area contributed by atoms with Crippen molar-refractivity contribution in [3.05, 3.63) is 186 Å². The highest BCUT2D eigenvalue weighted by Crippen LogP contribution is 2.54. The summed E-state index contributed by atoms with van der Waals surface area (Å²) in [6, 6.07) is 58.5. The van der Waals surface area contributed by atoms with E-state index in [9.17, 15) is 0 Å². The molecule has 0 radical (unpaired) electrons. The van der Waals surface area contributed by atoms with Crippen LogP contribution in [0.1, 0.15) is 87.5 Å². The average Bonchev–Trinajstić information content (AvgIpc) is 3.51. The predicted molar refractivity (Wildman–Crippen MR) is 234 cm³/mol. The Morgan fingerprint density at radius 1 is 0.400 bits per heavy atom. The largest absolute Gasteiger partial charge is 0.256 e. The highest BCUT2D eigenvalue weighted by atomic mass is 14.7. The lowest BCUT2D eigenvalue weighted by atomic mass is 9.71. The molecule has 1 nitrogen and oxygen atoms in total. The number of unbranched alkanes of at least 4 members (excludes halogenated alkanes) is 3. The van der Waals surface area contributed by atoms with Crippen LogP contribution in [0, 0.1) is 0 Å². The zero-order chi connectivity index (χ0) is 37.5. The Hall–Kier alpha value is -5.53. The third-order valence-corrected chi connectivity index (χ3v) is 11.9. The molecule has 1 heteroatoms. The van der Waals surface area contributed by atoms with E-state index in [4.69, 9.17) is 4.98 Å². The number of rotatable bonds is 15. The molecule has 0 spiro atoms. The van der Waals surface area contributed by atoms with Crippen molar-refractivity contribution in [3.8, 4) is 55.8 Å².